The zero-order valence-corrected chi connectivity index (χ0v) is 7.76. The first-order chi connectivity index (χ1) is 6.68. The Morgan fingerprint density at radius 3 is 2.79 bits per heavy atom. The molecule has 0 radical (unpaired) electrons. The lowest BCUT2D eigenvalue weighted by atomic mass is 10.2. The van der Waals surface area contributed by atoms with E-state index in [-0.39, 0.29) is 0 Å². The Morgan fingerprint density at radius 2 is 2.21 bits per heavy atom. The number of hydrogen-bond acceptors (Lipinski definition) is 5. The normalized spacial score (nSPS) is 13.8. The molecule has 0 saturated heterocycles. The van der Waals surface area contributed by atoms with Gasteiger partial charge in [0.25, 0.3) is 0 Å². The topological polar surface area (TPSA) is 108 Å². The summed E-state index contributed by atoms with van der Waals surface area (Å²) in [6, 6.07) is -0.842. The fraction of sp³-hybridized carbons (Fsp3) is 0.500. The van der Waals surface area contributed by atoms with E-state index in [2.05, 4.69) is 10.5 Å². The summed E-state index contributed by atoms with van der Waals surface area (Å²) in [5.41, 5.74) is 5.25. The van der Waals surface area contributed by atoms with E-state index in [0.717, 1.165) is 0 Å². The van der Waals surface area contributed by atoms with Gasteiger partial charge in [0.1, 0.15) is 6.04 Å². The maximum atomic E-state index is 10.3. The molecule has 0 saturated carbocycles. The van der Waals surface area contributed by atoms with Crippen LogP contribution in [0.3, 0.4) is 0 Å². The van der Waals surface area contributed by atoms with E-state index in [9.17, 15) is 4.79 Å². The lowest BCUT2D eigenvalue weighted by Gasteiger charge is -2.00. The smallest absolute Gasteiger partial charge is 0.320 e. The Kier molecular flexibility index (Phi) is 7.39. The molecule has 6 nitrogen and oxygen atoms in total. The molecule has 6 heteroatoms. The van der Waals surface area contributed by atoms with Crippen molar-refractivity contribution in [1.29, 1.82) is 0 Å². The van der Waals surface area contributed by atoms with Gasteiger partial charge in [-0.2, -0.15) is 0 Å². The zero-order chi connectivity index (χ0) is 10.8. The molecule has 0 aromatic carbocycles. The molecule has 0 heterocycles. The van der Waals surface area contributed by atoms with Gasteiger partial charge in [-0.05, 0) is 6.42 Å². The Labute approximate surface area is 82.1 Å². The molecule has 0 amide bonds. The molecule has 0 spiro atoms. The number of carboxylic acids is 1. The summed E-state index contributed by atoms with van der Waals surface area (Å²) in [5.74, 6) is -1.00. The zero-order valence-electron chi connectivity index (χ0n) is 7.76. The Bertz CT molecular complexity index is 216. The van der Waals surface area contributed by atoms with Gasteiger partial charge in [-0.15, -0.1) is 5.16 Å². The summed E-state index contributed by atoms with van der Waals surface area (Å²) in [6.45, 7) is 1.05. The fourth-order valence-corrected chi connectivity index (χ4v) is 0.699. The van der Waals surface area contributed by atoms with Crippen LogP contribution in [0.15, 0.2) is 17.3 Å². The van der Waals surface area contributed by atoms with Crippen LogP contribution in [-0.2, 0) is 4.79 Å². The Balaban J connectivity index is 3.40. The molecule has 1 atom stereocenters. The molecule has 0 aliphatic carbocycles. The van der Waals surface area contributed by atoms with Crippen LogP contribution in [0.4, 0.5) is 0 Å². The van der Waals surface area contributed by atoms with Gasteiger partial charge in [-0.3, -0.25) is 4.79 Å². The van der Waals surface area contributed by atoms with Crippen LogP contribution in [-0.4, -0.2) is 41.6 Å². The van der Waals surface area contributed by atoms with E-state index in [1.807, 2.05) is 0 Å². The van der Waals surface area contributed by atoms with Gasteiger partial charge in [0.05, 0.1) is 6.21 Å². The van der Waals surface area contributed by atoms with Gasteiger partial charge < -0.3 is 21.4 Å². The number of nitrogens with two attached hydrogens (primary N) is 1. The monoisotopic (exact) mass is 201 g/mol. The van der Waals surface area contributed by atoms with E-state index < -0.39 is 12.0 Å². The minimum absolute atomic E-state index is 0.311. The van der Waals surface area contributed by atoms with Gasteiger partial charge in [0.2, 0.25) is 0 Å². The van der Waals surface area contributed by atoms with Gasteiger partial charge in [0.15, 0.2) is 0 Å². The predicted molar refractivity (Wildman–Crippen MR) is 52.5 cm³/mol. The maximum absolute atomic E-state index is 10.3. The first-order valence-corrected chi connectivity index (χ1v) is 4.18. The van der Waals surface area contributed by atoms with E-state index in [0.29, 0.717) is 19.5 Å². The van der Waals surface area contributed by atoms with E-state index in [4.69, 9.17) is 16.0 Å². The van der Waals surface area contributed by atoms with Crippen LogP contribution in [0.1, 0.15) is 6.42 Å². The first kappa shape index (κ1) is 12.6. The number of carbonyl (C=O) groups is 1. The largest absolute Gasteiger partial charge is 0.480 e. The second-order valence-electron chi connectivity index (χ2n) is 2.61. The molecule has 80 valence electrons. The van der Waals surface area contributed by atoms with Gasteiger partial charge in [-0.1, -0.05) is 12.2 Å². The maximum Gasteiger partial charge on any atom is 0.320 e. The third kappa shape index (κ3) is 7.26. The molecule has 0 fully saturated rings. The average molecular weight is 201 g/mol. The second-order valence-corrected chi connectivity index (χ2v) is 2.61. The molecular weight excluding hydrogens is 186 g/mol. The minimum Gasteiger partial charge on any atom is -0.480 e. The highest BCUT2D eigenvalue weighted by molar-refractivity contribution is 5.73. The van der Waals surface area contributed by atoms with Crippen molar-refractivity contribution in [2.75, 3.05) is 13.1 Å². The van der Waals surface area contributed by atoms with Gasteiger partial charge in [0, 0.05) is 13.1 Å². The minimum atomic E-state index is -1.00. The molecule has 0 rings (SSSR count). The average Bonchev–Trinajstić information content (AvgIpc) is 2.16. The van der Waals surface area contributed by atoms with Crippen molar-refractivity contribution in [3.63, 3.8) is 0 Å². The molecule has 0 aliphatic heterocycles. The summed E-state index contributed by atoms with van der Waals surface area (Å²) in [4.78, 5) is 10.3. The number of oxime groups is 1. The number of nitrogens with one attached hydrogen (secondary N) is 1. The van der Waals surface area contributed by atoms with Crippen molar-refractivity contribution in [1.82, 2.24) is 5.32 Å². The van der Waals surface area contributed by atoms with Crippen molar-refractivity contribution in [3.8, 4) is 0 Å². The van der Waals surface area contributed by atoms with Crippen LogP contribution in [0.2, 0.25) is 0 Å². The van der Waals surface area contributed by atoms with Gasteiger partial charge >= 0.3 is 5.97 Å². The van der Waals surface area contributed by atoms with Crippen LogP contribution in [0.5, 0.6) is 0 Å². The molecule has 0 bridgehead atoms. The van der Waals surface area contributed by atoms with E-state index >= 15 is 0 Å². The molecular formula is C8H15N3O3. The highest BCUT2D eigenvalue weighted by Gasteiger charge is 2.07. The highest BCUT2D eigenvalue weighted by Crippen LogP contribution is 1.89. The third-order valence-electron chi connectivity index (χ3n) is 1.45. The summed E-state index contributed by atoms with van der Waals surface area (Å²) in [5, 5.41) is 22.2. The van der Waals surface area contributed by atoms with E-state index in [1.165, 1.54) is 6.21 Å². The fourth-order valence-electron chi connectivity index (χ4n) is 0.699. The van der Waals surface area contributed by atoms with Crippen LogP contribution in [0.25, 0.3) is 0 Å². The molecule has 14 heavy (non-hydrogen) atoms. The number of nitrogens with zero attached hydrogens (tertiary/aromatic N) is 1. The number of carboxylic acid groups (broad SMARTS) is 1. The van der Waals surface area contributed by atoms with Crippen LogP contribution in [0, 0.1) is 0 Å². The summed E-state index contributed by atoms with van der Waals surface area (Å²) >= 11 is 0. The Hall–Kier alpha value is -1.40. The van der Waals surface area contributed by atoms with Crippen LogP contribution >= 0.6 is 0 Å². The highest BCUT2D eigenvalue weighted by atomic mass is 16.4. The molecule has 0 aromatic rings. The lowest BCUT2D eigenvalue weighted by Crippen LogP contribution is -2.29. The summed E-state index contributed by atoms with van der Waals surface area (Å²) in [6.07, 6.45) is 5.10. The summed E-state index contributed by atoms with van der Waals surface area (Å²) < 4.78 is 0. The van der Waals surface area contributed by atoms with E-state index in [1.54, 1.807) is 12.2 Å². The molecule has 0 unspecified atom stereocenters. The van der Waals surface area contributed by atoms with Crippen molar-refractivity contribution >= 4 is 12.2 Å². The van der Waals surface area contributed by atoms with Crippen molar-refractivity contribution < 1.29 is 15.1 Å². The number of rotatable bonds is 7. The second kappa shape index (κ2) is 8.21. The SMILES string of the molecule is N[C@@H](CC=CCNCC=NO)C(=O)O. The van der Waals surface area contributed by atoms with Crippen molar-refractivity contribution in [2.45, 2.75) is 12.5 Å². The van der Waals surface area contributed by atoms with Crippen molar-refractivity contribution in [2.24, 2.45) is 10.9 Å². The Morgan fingerprint density at radius 1 is 1.50 bits per heavy atom. The predicted octanol–water partition coefficient (Wildman–Crippen LogP) is -0.606. The number of hydrogen-bond donors (Lipinski definition) is 4. The van der Waals surface area contributed by atoms with Gasteiger partial charge in [-0.25, -0.2) is 0 Å². The number of aliphatic carboxylic acids is 1. The molecule has 0 aliphatic rings. The quantitative estimate of drug-likeness (QED) is 0.144. The standard InChI is InChI=1S/C8H15N3O3/c9-7(8(12)13)3-1-2-4-10-5-6-11-14/h1-2,6-7,10,14H,3-5,9H2,(H,12,13)/t7-/m0/s1. The van der Waals surface area contributed by atoms with Crippen LogP contribution < -0.4 is 11.1 Å². The molecule has 0 aromatic heterocycles. The first-order valence-electron chi connectivity index (χ1n) is 4.18. The molecule has 5 N–H and O–H groups in total. The lowest BCUT2D eigenvalue weighted by molar-refractivity contribution is -0.138. The summed E-state index contributed by atoms with van der Waals surface area (Å²) in [7, 11) is 0. The third-order valence-corrected chi connectivity index (χ3v) is 1.45. The van der Waals surface area contributed by atoms with Crippen molar-refractivity contribution in [3.05, 3.63) is 12.2 Å².